The first-order valence-electron chi connectivity index (χ1n) is 9.35. The van der Waals surface area contributed by atoms with Crippen LogP contribution in [0.1, 0.15) is 41.2 Å². The van der Waals surface area contributed by atoms with E-state index in [4.69, 9.17) is 13.9 Å². The highest BCUT2D eigenvalue weighted by Gasteiger charge is 2.27. The molecule has 0 aliphatic carbocycles. The molecule has 2 atom stereocenters. The predicted octanol–water partition coefficient (Wildman–Crippen LogP) is 2.39. The molecule has 1 aromatic carbocycles. The van der Waals surface area contributed by atoms with Crippen LogP contribution in [0.3, 0.4) is 0 Å². The number of hydrogen-bond donors (Lipinski definition) is 2. The van der Waals surface area contributed by atoms with Gasteiger partial charge in [-0.05, 0) is 42.3 Å². The summed E-state index contributed by atoms with van der Waals surface area (Å²) in [5.74, 6) is -2.29. The van der Waals surface area contributed by atoms with Gasteiger partial charge in [-0.25, -0.2) is 9.59 Å². The van der Waals surface area contributed by atoms with Crippen molar-refractivity contribution in [3.05, 3.63) is 54.0 Å². The predicted molar refractivity (Wildman–Crippen MR) is 107 cm³/mol. The first-order valence-corrected chi connectivity index (χ1v) is 9.35. The third-order valence-corrected chi connectivity index (χ3v) is 4.44. The van der Waals surface area contributed by atoms with Gasteiger partial charge in [-0.3, -0.25) is 9.59 Å². The lowest BCUT2D eigenvalue weighted by atomic mass is 9.99. The zero-order valence-corrected chi connectivity index (χ0v) is 17.0. The number of carbonyl (C=O) groups excluding carboxylic acids is 4. The molecule has 1 aromatic heterocycles. The van der Waals surface area contributed by atoms with Gasteiger partial charge >= 0.3 is 11.9 Å². The molecule has 9 heteroatoms. The lowest BCUT2D eigenvalue weighted by molar-refractivity contribution is -0.147. The molecule has 2 amide bonds. The number of hydrogen-bond acceptors (Lipinski definition) is 7. The number of nitrogens with one attached hydrogen (secondary N) is 2. The van der Waals surface area contributed by atoms with Crippen molar-refractivity contribution in [3.63, 3.8) is 0 Å². The standard InChI is InChI=1S/C21H24N2O7/c1-4-13(2)18(21(27)28-3)23-17(24)12-30-20(26)14-7-9-15(10-8-14)22-19(25)16-6-5-11-29-16/h5-11,13,18H,4,12H2,1-3H3,(H,22,25)(H,23,24)/t13-,18+/m1/s1. The zero-order valence-electron chi connectivity index (χ0n) is 17.0. The molecule has 30 heavy (non-hydrogen) atoms. The molecule has 0 radical (unpaired) electrons. The molecule has 2 N–H and O–H groups in total. The molecule has 2 aromatic rings. The number of rotatable bonds is 9. The van der Waals surface area contributed by atoms with Crippen molar-refractivity contribution in [1.82, 2.24) is 5.32 Å². The number of carbonyl (C=O) groups is 4. The molecule has 0 saturated heterocycles. The van der Waals surface area contributed by atoms with Gasteiger partial charge in [-0.2, -0.15) is 0 Å². The molecule has 0 fully saturated rings. The van der Waals surface area contributed by atoms with E-state index in [2.05, 4.69) is 10.6 Å². The monoisotopic (exact) mass is 416 g/mol. The Hall–Kier alpha value is -3.62. The molecule has 0 aliphatic heterocycles. The van der Waals surface area contributed by atoms with Crippen LogP contribution in [0.25, 0.3) is 0 Å². The fourth-order valence-electron chi connectivity index (χ4n) is 2.52. The largest absolute Gasteiger partial charge is 0.467 e. The Bertz CT molecular complexity index is 875. The van der Waals surface area contributed by atoms with Crippen molar-refractivity contribution in [2.45, 2.75) is 26.3 Å². The van der Waals surface area contributed by atoms with E-state index >= 15 is 0 Å². The average Bonchev–Trinajstić information content (AvgIpc) is 3.30. The quantitative estimate of drug-likeness (QED) is 0.602. The minimum absolute atomic E-state index is 0.138. The van der Waals surface area contributed by atoms with Crippen LogP contribution < -0.4 is 10.6 Å². The average molecular weight is 416 g/mol. The van der Waals surface area contributed by atoms with E-state index in [1.54, 1.807) is 13.0 Å². The molecule has 0 unspecified atom stereocenters. The third-order valence-electron chi connectivity index (χ3n) is 4.44. The Morgan fingerprint density at radius 2 is 1.80 bits per heavy atom. The van der Waals surface area contributed by atoms with Crippen LogP contribution in [0.15, 0.2) is 47.1 Å². The van der Waals surface area contributed by atoms with Gasteiger partial charge in [-0.1, -0.05) is 20.3 Å². The van der Waals surface area contributed by atoms with E-state index in [1.807, 2.05) is 6.92 Å². The number of amides is 2. The van der Waals surface area contributed by atoms with Crippen molar-refractivity contribution in [3.8, 4) is 0 Å². The van der Waals surface area contributed by atoms with Crippen LogP contribution in [0, 0.1) is 5.92 Å². The normalized spacial score (nSPS) is 12.4. The van der Waals surface area contributed by atoms with E-state index in [0.29, 0.717) is 12.1 Å². The van der Waals surface area contributed by atoms with Crippen molar-refractivity contribution in [1.29, 1.82) is 0 Å². The van der Waals surface area contributed by atoms with Gasteiger partial charge in [0.15, 0.2) is 12.4 Å². The summed E-state index contributed by atoms with van der Waals surface area (Å²) in [6, 6.07) is 8.26. The van der Waals surface area contributed by atoms with Gasteiger partial charge in [-0.15, -0.1) is 0 Å². The van der Waals surface area contributed by atoms with Gasteiger partial charge in [0.25, 0.3) is 11.8 Å². The molecular formula is C21H24N2O7. The Kier molecular flexibility index (Phi) is 8.16. The van der Waals surface area contributed by atoms with Crippen LogP contribution in [-0.2, 0) is 19.1 Å². The Morgan fingerprint density at radius 1 is 1.10 bits per heavy atom. The lowest BCUT2D eigenvalue weighted by Gasteiger charge is -2.21. The van der Waals surface area contributed by atoms with Crippen LogP contribution in [0.4, 0.5) is 5.69 Å². The van der Waals surface area contributed by atoms with E-state index in [9.17, 15) is 19.2 Å². The summed E-state index contributed by atoms with van der Waals surface area (Å²) >= 11 is 0. The number of benzene rings is 1. The summed E-state index contributed by atoms with van der Waals surface area (Å²) in [6.45, 7) is 3.15. The Balaban J connectivity index is 1.87. The Labute approximate surface area is 173 Å². The van der Waals surface area contributed by atoms with E-state index in [0.717, 1.165) is 0 Å². The minimum atomic E-state index is -0.816. The summed E-state index contributed by atoms with van der Waals surface area (Å²) in [4.78, 5) is 47.9. The van der Waals surface area contributed by atoms with Crippen molar-refractivity contribution in [2.24, 2.45) is 5.92 Å². The van der Waals surface area contributed by atoms with E-state index < -0.39 is 36.4 Å². The molecule has 160 valence electrons. The van der Waals surface area contributed by atoms with Gasteiger partial charge in [0, 0.05) is 5.69 Å². The molecule has 1 heterocycles. The summed E-state index contributed by atoms with van der Waals surface area (Å²) < 4.78 is 14.7. The van der Waals surface area contributed by atoms with Gasteiger partial charge in [0.2, 0.25) is 0 Å². The fourth-order valence-corrected chi connectivity index (χ4v) is 2.52. The van der Waals surface area contributed by atoms with Crippen LogP contribution in [0.2, 0.25) is 0 Å². The maximum atomic E-state index is 12.1. The number of ether oxygens (including phenoxy) is 2. The highest BCUT2D eigenvalue weighted by molar-refractivity contribution is 6.02. The highest BCUT2D eigenvalue weighted by atomic mass is 16.5. The first-order chi connectivity index (χ1) is 14.3. The summed E-state index contributed by atoms with van der Waals surface area (Å²) in [5.41, 5.74) is 0.658. The second kappa shape index (κ2) is 10.8. The van der Waals surface area contributed by atoms with Crippen LogP contribution in [-0.4, -0.2) is 43.5 Å². The fraction of sp³-hybridized carbons (Fsp3) is 0.333. The van der Waals surface area contributed by atoms with Crippen molar-refractivity contribution >= 4 is 29.4 Å². The second-order valence-electron chi connectivity index (χ2n) is 6.54. The molecular weight excluding hydrogens is 392 g/mol. The van der Waals surface area contributed by atoms with Gasteiger partial charge in [0.1, 0.15) is 6.04 Å². The van der Waals surface area contributed by atoms with Crippen molar-refractivity contribution in [2.75, 3.05) is 19.0 Å². The molecule has 2 rings (SSSR count). The number of esters is 2. The zero-order chi connectivity index (χ0) is 22.1. The molecule has 0 saturated carbocycles. The van der Waals surface area contributed by atoms with Crippen molar-refractivity contribution < 1.29 is 33.1 Å². The maximum Gasteiger partial charge on any atom is 0.338 e. The summed E-state index contributed by atoms with van der Waals surface area (Å²) in [6.07, 6.45) is 2.04. The maximum absolute atomic E-state index is 12.1. The van der Waals surface area contributed by atoms with Crippen LogP contribution >= 0.6 is 0 Å². The van der Waals surface area contributed by atoms with E-state index in [1.165, 1.54) is 43.7 Å². The Morgan fingerprint density at radius 3 is 2.37 bits per heavy atom. The third kappa shape index (κ3) is 6.20. The number of methoxy groups -OCH3 is 1. The number of furan rings is 1. The summed E-state index contributed by atoms with van der Waals surface area (Å²) in [7, 11) is 1.24. The number of anilines is 1. The van der Waals surface area contributed by atoms with E-state index in [-0.39, 0.29) is 17.2 Å². The van der Waals surface area contributed by atoms with Gasteiger partial charge < -0.3 is 24.5 Å². The summed E-state index contributed by atoms with van der Waals surface area (Å²) in [5, 5.41) is 5.14. The molecule has 9 nitrogen and oxygen atoms in total. The topological polar surface area (TPSA) is 124 Å². The molecule has 0 bridgehead atoms. The lowest BCUT2D eigenvalue weighted by Crippen LogP contribution is -2.47. The van der Waals surface area contributed by atoms with Crippen LogP contribution in [0.5, 0.6) is 0 Å². The minimum Gasteiger partial charge on any atom is -0.467 e. The highest BCUT2D eigenvalue weighted by Crippen LogP contribution is 2.13. The molecule has 0 aliphatic rings. The SMILES string of the molecule is CC[C@@H](C)[C@H](NC(=O)COC(=O)c1ccc(NC(=O)c2ccco2)cc1)C(=O)OC. The van der Waals surface area contributed by atoms with Gasteiger partial charge in [0.05, 0.1) is 18.9 Å². The second-order valence-corrected chi connectivity index (χ2v) is 6.54. The first kappa shape index (κ1) is 22.7. The molecule has 0 spiro atoms. The smallest absolute Gasteiger partial charge is 0.338 e.